The largest absolute Gasteiger partial charge is 0.490 e. The first-order chi connectivity index (χ1) is 17.9. The van der Waals surface area contributed by atoms with Gasteiger partial charge in [0.1, 0.15) is 13.2 Å². The molecule has 0 N–H and O–H groups in total. The Hall–Kier alpha value is -2.97. The number of rotatable bonds is 8. The minimum Gasteiger partial charge on any atom is -0.490 e. The highest BCUT2D eigenvalue weighted by Gasteiger charge is 2.37. The van der Waals surface area contributed by atoms with E-state index in [0.717, 1.165) is 53.5 Å². The molecule has 37 heavy (non-hydrogen) atoms. The Morgan fingerprint density at radius 3 is 2.43 bits per heavy atom. The van der Waals surface area contributed by atoms with Crippen LogP contribution in [0.1, 0.15) is 49.3 Å². The van der Waals surface area contributed by atoms with Gasteiger partial charge < -0.3 is 14.4 Å². The molecule has 2 fully saturated rings. The van der Waals surface area contributed by atoms with Gasteiger partial charge in [-0.25, -0.2) is 0 Å². The second-order valence-corrected chi connectivity index (χ2v) is 10.5. The molecule has 2 saturated heterocycles. The number of halogens is 1. The summed E-state index contributed by atoms with van der Waals surface area (Å²) < 4.78 is 11.8. The first-order valence-corrected chi connectivity index (χ1v) is 13.7. The topological polar surface area (TPSA) is 76.2 Å². The molecule has 2 aliphatic rings. The first-order valence-electron chi connectivity index (χ1n) is 12.5. The molecule has 0 atom stereocenters. The smallest absolute Gasteiger partial charge is 0.294 e. The highest BCUT2D eigenvalue weighted by molar-refractivity contribution is 8.18. The zero-order chi connectivity index (χ0) is 26.4. The maximum atomic E-state index is 13.0. The molecule has 0 radical (unpaired) electrons. The molecule has 0 bridgehead atoms. The summed E-state index contributed by atoms with van der Waals surface area (Å²) in [4.78, 5) is 41.4. The summed E-state index contributed by atoms with van der Waals surface area (Å²) in [5.41, 5.74) is 2.76. The van der Waals surface area contributed by atoms with E-state index in [2.05, 4.69) is 0 Å². The number of imide groups is 1. The molecule has 7 nitrogen and oxygen atoms in total. The first kappa shape index (κ1) is 27.1. The number of carbonyl (C=O) groups excluding carboxylic acids is 3. The van der Waals surface area contributed by atoms with Gasteiger partial charge in [0.05, 0.1) is 16.5 Å². The van der Waals surface area contributed by atoms with Gasteiger partial charge >= 0.3 is 0 Å². The Labute approximate surface area is 226 Å². The Bertz CT molecular complexity index is 1190. The molecule has 3 amide bonds. The second-order valence-electron chi connectivity index (χ2n) is 9.10. The van der Waals surface area contributed by atoms with Crippen LogP contribution >= 0.6 is 23.4 Å². The molecule has 2 aromatic carbocycles. The number of ether oxygens (including phenoxy) is 2. The van der Waals surface area contributed by atoms with Gasteiger partial charge in [-0.3, -0.25) is 19.3 Å². The van der Waals surface area contributed by atoms with Gasteiger partial charge in [-0.15, -0.1) is 0 Å². The van der Waals surface area contributed by atoms with Crippen molar-refractivity contribution in [2.45, 2.75) is 46.1 Å². The number of benzene rings is 2. The van der Waals surface area contributed by atoms with Gasteiger partial charge in [-0.1, -0.05) is 54.3 Å². The van der Waals surface area contributed by atoms with Gasteiger partial charge in [0, 0.05) is 13.1 Å². The lowest BCUT2D eigenvalue weighted by Crippen LogP contribution is -2.42. The average molecular weight is 543 g/mol. The molecule has 9 heteroatoms. The van der Waals surface area contributed by atoms with Crippen LogP contribution in [0.3, 0.4) is 0 Å². The van der Waals surface area contributed by atoms with E-state index in [1.165, 1.54) is 0 Å². The van der Waals surface area contributed by atoms with E-state index in [9.17, 15) is 14.4 Å². The molecule has 0 spiro atoms. The van der Waals surface area contributed by atoms with Crippen LogP contribution in [0.2, 0.25) is 5.02 Å². The molecule has 2 aromatic rings. The van der Waals surface area contributed by atoms with E-state index < -0.39 is 11.1 Å². The maximum absolute atomic E-state index is 13.0. The standard InChI is InChI=1S/C28H31ClN2O5S/c1-3-35-23-15-21(14-22(29)26(23)36-18-20-10-8-19(2)9-11-20)16-24-27(33)31(28(34)37-24)17-25(32)30-12-6-4-5-7-13-30/h8-11,14-16H,3-7,12-13,17-18H2,1-2H3. The summed E-state index contributed by atoms with van der Waals surface area (Å²) in [5.74, 6) is 0.190. The van der Waals surface area contributed by atoms with Crippen LogP contribution in [0.4, 0.5) is 4.79 Å². The quantitative estimate of drug-likeness (QED) is 0.377. The molecule has 0 unspecified atom stereocenters. The number of thioether (sulfide) groups is 1. The third-order valence-electron chi connectivity index (χ3n) is 6.26. The van der Waals surface area contributed by atoms with Crippen LogP contribution in [0.25, 0.3) is 6.08 Å². The summed E-state index contributed by atoms with van der Waals surface area (Å²) in [6.07, 6.45) is 5.67. The minimum absolute atomic E-state index is 0.192. The number of likely N-dealkylation sites (tertiary alicyclic amines) is 1. The van der Waals surface area contributed by atoms with Crippen LogP contribution < -0.4 is 9.47 Å². The SMILES string of the molecule is CCOc1cc(C=C2SC(=O)N(CC(=O)N3CCCCCC3)C2=O)cc(Cl)c1OCc1ccc(C)cc1. The molecular formula is C28H31ClN2O5S. The van der Waals surface area contributed by atoms with Crippen molar-refractivity contribution >= 4 is 46.5 Å². The van der Waals surface area contributed by atoms with Gasteiger partial charge in [0.15, 0.2) is 11.5 Å². The normalized spacial score (nSPS) is 17.3. The van der Waals surface area contributed by atoms with Gasteiger partial charge in [-0.05, 0) is 67.8 Å². The second kappa shape index (κ2) is 12.5. The van der Waals surface area contributed by atoms with Crippen molar-refractivity contribution in [1.82, 2.24) is 9.80 Å². The van der Waals surface area contributed by atoms with Crippen molar-refractivity contribution < 1.29 is 23.9 Å². The predicted molar refractivity (Wildman–Crippen MR) is 146 cm³/mol. The Balaban J connectivity index is 1.49. The molecule has 2 heterocycles. The zero-order valence-electron chi connectivity index (χ0n) is 21.1. The lowest BCUT2D eigenvalue weighted by Gasteiger charge is -2.22. The molecule has 0 saturated carbocycles. The Kier molecular flexibility index (Phi) is 9.16. The fourth-order valence-electron chi connectivity index (χ4n) is 4.26. The molecule has 196 valence electrons. The zero-order valence-corrected chi connectivity index (χ0v) is 22.7. The monoisotopic (exact) mass is 542 g/mol. The van der Waals surface area contributed by atoms with Gasteiger partial charge in [-0.2, -0.15) is 0 Å². The van der Waals surface area contributed by atoms with Crippen molar-refractivity contribution in [3.05, 3.63) is 63.0 Å². The van der Waals surface area contributed by atoms with Crippen LogP contribution in [0, 0.1) is 6.92 Å². The third kappa shape index (κ3) is 6.87. The van der Waals surface area contributed by atoms with E-state index in [-0.39, 0.29) is 17.4 Å². The van der Waals surface area contributed by atoms with Crippen LogP contribution in [-0.2, 0) is 16.2 Å². The van der Waals surface area contributed by atoms with E-state index in [0.29, 0.717) is 48.4 Å². The van der Waals surface area contributed by atoms with Crippen molar-refractivity contribution in [2.24, 2.45) is 0 Å². The summed E-state index contributed by atoms with van der Waals surface area (Å²) in [6, 6.07) is 11.4. The van der Waals surface area contributed by atoms with E-state index in [4.69, 9.17) is 21.1 Å². The number of carbonyl (C=O) groups is 3. The van der Waals surface area contributed by atoms with Crippen molar-refractivity contribution in [1.29, 1.82) is 0 Å². The molecule has 0 aromatic heterocycles. The fraction of sp³-hybridized carbons (Fsp3) is 0.393. The van der Waals surface area contributed by atoms with Crippen LogP contribution in [0.15, 0.2) is 41.3 Å². The summed E-state index contributed by atoms with van der Waals surface area (Å²) >= 11 is 7.38. The van der Waals surface area contributed by atoms with Crippen molar-refractivity contribution in [3.8, 4) is 11.5 Å². The fourth-order valence-corrected chi connectivity index (χ4v) is 5.37. The van der Waals surface area contributed by atoms with Crippen molar-refractivity contribution in [2.75, 3.05) is 26.2 Å². The number of hydrogen-bond acceptors (Lipinski definition) is 6. The highest BCUT2D eigenvalue weighted by Crippen LogP contribution is 2.39. The number of hydrogen-bond donors (Lipinski definition) is 0. The van der Waals surface area contributed by atoms with E-state index in [1.807, 2.05) is 38.1 Å². The van der Waals surface area contributed by atoms with E-state index in [1.54, 1.807) is 23.1 Å². The average Bonchev–Trinajstić information content (AvgIpc) is 3.05. The molecular weight excluding hydrogens is 512 g/mol. The minimum atomic E-state index is -0.480. The molecule has 4 rings (SSSR count). The number of nitrogens with zero attached hydrogens (tertiary/aromatic N) is 2. The summed E-state index contributed by atoms with van der Waals surface area (Å²) in [6.45, 7) is 5.70. The molecule has 2 aliphatic heterocycles. The number of aryl methyl sites for hydroxylation is 1. The summed E-state index contributed by atoms with van der Waals surface area (Å²) in [5, 5.41) is -0.117. The molecule has 0 aliphatic carbocycles. The Morgan fingerprint density at radius 2 is 1.76 bits per heavy atom. The predicted octanol–water partition coefficient (Wildman–Crippen LogP) is 6.07. The van der Waals surface area contributed by atoms with Crippen molar-refractivity contribution in [3.63, 3.8) is 0 Å². The lowest BCUT2D eigenvalue weighted by atomic mass is 10.1. The highest BCUT2D eigenvalue weighted by atomic mass is 35.5. The van der Waals surface area contributed by atoms with Crippen LogP contribution in [-0.4, -0.2) is 53.1 Å². The Morgan fingerprint density at radius 1 is 1.05 bits per heavy atom. The third-order valence-corrected chi connectivity index (χ3v) is 7.45. The maximum Gasteiger partial charge on any atom is 0.294 e. The number of amides is 3. The summed E-state index contributed by atoms with van der Waals surface area (Å²) in [7, 11) is 0. The lowest BCUT2D eigenvalue weighted by molar-refractivity contribution is -0.135. The van der Waals surface area contributed by atoms with E-state index >= 15 is 0 Å². The van der Waals surface area contributed by atoms with Gasteiger partial charge in [0.2, 0.25) is 5.91 Å². The van der Waals surface area contributed by atoms with Crippen LogP contribution in [0.5, 0.6) is 11.5 Å². The van der Waals surface area contributed by atoms with Gasteiger partial charge in [0.25, 0.3) is 11.1 Å².